The molecule has 1 amide bonds. The van der Waals surface area contributed by atoms with Gasteiger partial charge in [0.25, 0.3) is 5.91 Å². The third-order valence-corrected chi connectivity index (χ3v) is 3.19. The van der Waals surface area contributed by atoms with Crippen LogP contribution >= 0.6 is 0 Å². The molecule has 4 heteroatoms. The molecular weight excluding hydrogens is 216 g/mol. The van der Waals surface area contributed by atoms with E-state index in [9.17, 15) is 4.79 Å². The van der Waals surface area contributed by atoms with Crippen molar-refractivity contribution in [3.8, 4) is 6.07 Å². The van der Waals surface area contributed by atoms with E-state index < -0.39 is 0 Å². The molecule has 1 aromatic carbocycles. The highest BCUT2D eigenvalue weighted by Gasteiger charge is 2.42. The fourth-order valence-corrected chi connectivity index (χ4v) is 1.63. The van der Waals surface area contributed by atoms with Gasteiger partial charge in [0, 0.05) is 17.5 Å². The smallest absolute Gasteiger partial charge is 0.251 e. The Hall–Kier alpha value is -1.86. The lowest BCUT2D eigenvalue weighted by molar-refractivity contribution is 0.0935. The molecule has 0 atom stereocenters. The largest absolute Gasteiger partial charge is 0.396 e. The summed E-state index contributed by atoms with van der Waals surface area (Å²) in [7, 11) is 0. The summed E-state index contributed by atoms with van der Waals surface area (Å²) < 4.78 is 0. The van der Waals surface area contributed by atoms with Crippen LogP contribution in [0.4, 0.5) is 0 Å². The lowest BCUT2D eigenvalue weighted by Crippen LogP contribution is -2.31. The number of rotatable bonds is 4. The van der Waals surface area contributed by atoms with Gasteiger partial charge in [0.05, 0.1) is 18.2 Å². The highest BCUT2D eigenvalue weighted by molar-refractivity contribution is 5.94. The molecule has 0 heterocycles. The number of benzene rings is 1. The Labute approximate surface area is 99.9 Å². The van der Waals surface area contributed by atoms with Gasteiger partial charge < -0.3 is 10.4 Å². The Morgan fingerprint density at radius 1 is 1.41 bits per heavy atom. The first kappa shape index (κ1) is 11.6. The van der Waals surface area contributed by atoms with Crippen LogP contribution in [0.5, 0.6) is 0 Å². The summed E-state index contributed by atoms with van der Waals surface area (Å²) in [4.78, 5) is 11.8. The summed E-state index contributed by atoms with van der Waals surface area (Å²) in [5.74, 6) is -0.158. The lowest BCUT2D eigenvalue weighted by Gasteiger charge is -2.12. The van der Waals surface area contributed by atoms with Crippen molar-refractivity contribution in [2.45, 2.75) is 12.8 Å². The number of aliphatic hydroxyl groups excluding tert-OH is 1. The molecule has 2 rings (SSSR count). The fraction of sp³-hybridized carbons (Fsp3) is 0.385. The number of hydrogen-bond acceptors (Lipinski definition) is 3. The van der Waals surface area contributed by atoms with Crippen LogP contribution in [0.2, 0.25) is 0 Å². The predicted octanol–water partition coefficient (Wildman–Crippen LogP) is 1.06. The molecule has 1 fully saturated rings. The van der Waals surface area contributed by atoms with Gasteiger partial charge in [0.15, 0.2) is 0 Å². The second-order valence-corrected chi connectivity index (χ2v) is 4.53. The van der Waals surface area contributed by atoms with E-state index in [0.717, 1.165) is 12.8 Å². The topological polar surface area (TPSA) is 73.1 Å². The van der Waals surface area contributed by atoms with Gasteiger partial charge in [0.2, 0.25) is 0 Å². The van der Waals surface area contributed by atoms with Gasteiger partial charge in [-0.05, 0) is 37.1 Å². The number of nitrogens with one attached hydrogen (secondary N) is 1. The first-order chi connectivity index (χ1) is 8.19. The number of carbonyl (C=O) groups excluding carboxylic acids is 1. The summed E-state index contributed by atoms with van der Waals surface area (Å²) in [6.07, 6.45) is 1.94. The van der Waals surface area contributed by atoms with Crippen molar-refractivity contribution in [1.82, 2.24) is 5.32 Å². The van der Waals surface area contributed by atoms with Gasteiger partial charge >= 0.3 is 0 Å². The van der Waals surface area contributed by atoms with E-state index in [-0.39, 0.29) is 17.9 Å². The first-order valence-electron chi connectivity index (χ1n) is 5.58. The van der Waals surface area contributed by atoms with Crippen molar-refractivity contribution < 1.29 is 9.90 Å². The van der Waals surface area contributed by atoms with E-state index in [1.54, 1.807) is 24.3 Å². The van der Waals surface area contributed by atoms with Crippen molar-refractivity contribution in [1.29, 1.82) is 5.26 Å². The Balaban J connectivity index is 1.93. The second kappa shape index (κ2) is 4.56. The number of hydrogen-bond donors (Lipinski definition) is 2. The van der Waals surface area contributed by atoms with E-state index >= 15 is 0 Å². The molecular formula is C13H14N2O2. The Morgan fingerprint density at radius 3 is 2.53 bits per heavy atom. The third-order valence-electron chi connectivity index (χ3n) is 3.19. The van der Waals surface area contributed by atoms with Crippen LogP contribution in [0, 0.1) is 16.7 Å². The zero-order chi connectivity index (χ0) is 12.3. The third kappa shape index (κ3) is 2.63. The molecule has 0 spiro atoms. The molecule has 4 nitrogen and oxygen atoms in total. The molecule has 17 heavy (non-hydrogen) atoms. The number of aliphatic hydroxyl groups is 1. The van der Waals surface area contributed by atoms with Gasteiger partial charge in [-0.25, -0.2) is 0 Å². The molecule has 2 N–H and O–H groups in total. The van der Waals surface area contributed by atoms with Crippen molar-refractivity contribution in [2.75, 3.05) is 13.2 Å². The Kier molecular flexibility index (Phi) is 3.12. The monoisotopic (exact) mass is 230 g/mol. The number of carbonyl (C=O) groups is 1. The van der Waals surface area contributed by atoms with Gasteiger partial charge in [-0.2, -0.15) is 5.26 Å². The predicted molar refractivity (Wildman–Crippen MR) is 62.2 cm³/mol. The molecule has 0 unspecified atom stereocenters. The zero-order valence-electron chi connectivity index (χ0n) is 9.44. The molecule has 0 radical (unpaired) electrons. The van der Waals surface area contributed by atoms with E-state index in [2.05, 4.69) is 5.32 Å². The van der Waals surface area contributed by atoms with Crippen LogP contribution in [-0.4, -0.2) is 24.2 Å². The Bertz CT molecular complexity index is 455. The number of nitrogens with zero attached hydrogens (tertiary/aromatic N) is 1. The van der Waals surface area contributed by atoms with Crippen molar-refractivity contribution in [3.63, 3.8) is 0 Å². The van der Waals surface area contributed by atoms with E-state index in [1.165, 1.54) is 0 Å². The first-order valence-corrected chi connectivity index (χ1v) is 5.58. The number of amides is 1. The molecule has 0 aromatic heterocycles. The zero-order valence-corrected chi connectivity index (χ0v) is 9.44. The second-order valence-electron chi connectivity index (χ2n) is 4.53. The Morgan fingerprint density at radius 2 is 2.06 bits per heavy atom. The molecule has 1 saturated carbocycles. The maximum Gasteiger partial charge on any atom is 0.251 e. The van der Waals surface area contributed by atoms with Crippen molar-refractivity contribution >= 4 is 5.91 Å². The quantitative estimate of drug-likeness (QED) is 0.812. The highest BCUT2D eigenvalue weighted by Crippen LogP contribution is 2.44. The van der Waals surface area contributed by atoms with Crippen LogP contribution in [-0.2, 0) is 0 Å². The average Bonchev–Trinajstić information content (AvgIpc) is 3.17. The van der Waals surface area contributed by atoms with E-state index in [1.807, 2.05) is 6.07 Å². The van der Waals surface area contributed by atoms with Crippen LogP contribution in [0.3, 0.4) is 0 Å². The summed E-state index contributed by atoms with van der Waals surface area (Å²) in [5, 5.41) is 20.6. The van der Waals surface area contributed by atoms with Gasteiger partial charge in [-0.1, -0.05) is 0 Å². The highest BCUT2D eigenvalue weighted by atomic mass is 16.3. The van der Waals surface area contributed by atoms with Crippen LogP contribution in [0.15, 0.2) is 24.3 Å². The maximum atomic E-state index is 11.8. The molecule has 1 aliphatic rings. The molecule has 0 bridgehead atoms. The van der Waals surface area contributed by atoms with Crippen LogP contribution in [0.1, 0.15) is 28.8 Å². The fourth-order valence-electron chi connectivity index (χ4n) is 1.63. The standard InChI is InChI=1S/C13H14N2O2/c14-7-10-1-3-11(4-2-10)12(17)15-8-13(9-16)5-6-13/h1-4,16H,5-6,8-9H2,(H,15,17). The summed E-state index contributed by atoms with van der Waals surface area (Å²) in [6, 6.07) is 8.50. The number of nitriles is 1. The summed E-state index contributed by atoms with van der Waals surface area (Å²) in [5.41, 5.74) is 0.996. The normalized spacial score (nSPS) is 16.0. The molecule has 1 aromatic rings. The maximum absolute atomic E-state index is 11.8. The minimum Gasteiger partial charge on any atom is -0.396 e. The van der Waals surface area contributed by atoms with Gasteiger partial charge in [-0.15, -0.1) is 0 Å². The van der Waals surface area contributed by atoms with Crippen molar-refractivity contribution in [2.24, 2.45) is 5.41 Å². The van der Waals surface area contributed by atoms with Crippen molar-refractivity contribution in [3.05, 3.63) is 35.4 Å². The summed E-state index contributed by atoms with van der Waals surface area (Å²) in [6.45, 7) is 0.642. The van der Waals surface area contributed by atoms with Gasteiger partial charge in [0.1, 0.15) is 0 Å². The van der Waals surface area contributed by atoms with E-state index in [0.29, 0.717) is 17.7 Å². The summed E-state index contributed by atoms with van der Waals surface area (Å²) >= 11 is 0. The minimum atomic E-state index is -0.158. The average molecular weight is 230 g/mol. The SMILES string of the molecule is N#Cc1ccc(C(=O)NCC2(CO)CC2)cc1. The van der Waals surface area contributed by atoms with Gasteiger partial charge in [-0.3, -0.25) is 4.79 Å². The van der Waals surface area contributed by atoms with Crippen LogP contribution in [0.25, 0.3) is 0 Å². The van der Waals surface area contributed by atoms with E-state index in [4.69, 9.17) is 10.4 Å². The molecule has 1 aliphatic carbocycles. The molecule has 88 valence electrons. The van der Waals surface area contributed by atoms with Crippen LogP contribution < -0.4 is 5.32 Å². The lowest BCUT2D eigenvalue weighted by atomic mass is 10.1. The molecule has 0 aliphatic heterocycles. The molecule has 0 saturated heterocycles. The minimum absolute atomic E-state index is 0.0811.